The molecule has 0 unspecified atom stereocenters. The van der Waals surface area contributed by atoms with E-state index < -0.39 is 5.97 Å². The summed E-state index contributed by atoms with van der Waals surface area (Å²) in [4.78, 5) is 11.2. The normalized spacial score (nSPS) is 10.3. The van der Waals surface area contributed by atoms with Crippen molar-refractivity contribution in [3.05, 3.63) is 49.6 Å². The first-order valence-electron chi connectivity index (χ1n) is 4.95. The molecule has 0 fully saturated rings. The predicted molar refractivity (Wildman–Crippen MR) is 74.8 cm³/mol. The van der Waals surface area contributed by atoms with E-state index in [0.29, 0.717) is 21.2 Å². The Labute approximate surface area is 121 Å². The fourth-order valence-corrected chi connectivity index (χ4v) is 2.64. The van der Waals surface area contributed by atoms with Gasteiger partial charge in [-0.05, 0) is 29.6 Å². The maximum absolute atomic E-state index is 10.9. The second-order valence-corrected chi connectivity index (χ2v) is 5.68. The second kappa shape index (κ2) is 5.73. The predicted octanol–water partition coefficient (Wildman–Crippen LogP) is 4.44. The molecular formula is C12H8BrClO3S. The van der Waals surface area contributed by atoms with Gasteiger partial charge in [-0.2, -0.15) is 0 Å². The lowest BCUT2D eigenvalue weighted by Crippen LogP contribution is -2.02. The molecule has 94 valence electrons. The van der Waals surface area contributed by atoms with Crippen LogP contribution in [0.5, 0.6) is 5.75 Å². The number of carboxylic acid groups (broad SMARTS) is 1. The van der Waals surface area contributed by atoms with Crippen LogP contribution in [0.3, 0.4) is 0 Å². The summed E-state index contributed by atoms with van der Waals surface area (Å²) in [6, 6.07) is 7.00. The number of ether oxygens (including phenoxy) is 1. The van der Waals surface area contributed by atoms with Gasteiger partial charge in [0.05, 0.1) is 5.02 Å². The number of carbonyl (C=O) groups is 1. The molecule has 0 amide bonds. The van der Waals surface area contributed by atoms with Crippen molar-refractivity contribution in [2.75, 3.05) is 0 Å². The van der Waals surface area contributed by atoms with Gasteiger partial charge >= 0.3 is 5.97 Å². The molecule has 0 saturated carbocycles. The van der Waals surface area contributed by atoms with Crippen molar-refractivity contribution in [2.45, 2.75) is 6.61 Å². The van der Waals surface area contributed by atoms with Crippen LogP contribution in [0.25, 0.3) is 0 Å². The number of carboxylic acids is 1. The third-order valence-electron chi connectivity index (χ3n) is 2.22. The van der Waals surface area contributed by atoms with E-state index in [9.17, 15) is 4.79 Å². The lowest BCUT2D eigenvalue weighted by molar-refractivity contribution is 0.0699. The number of rotatable bonds is 4. The number of aromatic carboxylic acids is 1. The summed E-state index contributed by atoms with van der Waals surface area (Å²) in [5.41, 5.74) is 0.642. The minimum atomic E-state index is -0.941. The molecule has 0 atom stereocenters. The Morgan fingerprint density at radius 1 is 1.44 bits per heavy atom. The van der Waals surface area contributed by atoms with Gasteiger partial charge in [-0.25, -0.2) is 4.79 Å². The lowest BCUT2D eigenvalue weighted by Gasteiger charge is -2.08. The van der Waals surface area contributed by atoms with Gasteiger partial charge in [-0.15, -0.1) is 11.3 Å². The van der Waals surface area contributed by atoms with E-state index in [1.165, 1.54) is 11.3 Å². The van der Waals surface area contributed by atoms with E-state index in [1.54, 1.807) is 23.6 Å². The highest BCUT2D eigenvalue weighted by molar-refractivity contribution is 9.10. The summed E-state index contributed by atoms with van der Waals surface area (Å²) in [6.45, 7) is 0.182. The Kier molecular flexibility index (Phi) is 4.27. The van der Waals surface area contributed by atoms with Crippen molar-refractivity contribution in [3.63, 3.8) is 0 Å². The Balaban J connectivity index is 2.14. The molecule has 1 N–H and O–H groups in total. The van der Waals surface area contributed by atoms with Crippen molar-refractivity contribution >= 4 is 44.8 Å². The second-order valence-electron chi connectivity index (χ2n) is 3.44. The summed E-state index contributed by atoms with van der Waals surface area (Å²) in [5.74, 6) is -0.419. The molecule has 3 nitrogen and oxygen atoms in total. The standard InChI is InChI=1S/C12H8BrClO3S/c13-8-1-2-9(14)10(5-8)17-6-7-3-4-18-11(7)12(15)16/h1-5H,6H2,(H,15,16). The van der Waals surface area contributed by atoms with Crippen LogP contribution in [0.4, 0.5) is 0 Å². The minimum Gasteiger partial charge on any atom is -0.487 e. The van der Waals surface area contributed by atoms with Crippen molar-refractivity contribution < 1.29 is 14.6 Å². The van der Waals surface area contributed by atoms with Gasteiger partial charge in [0.2, 0.25) is 0 Å². The van der Waals surface area contributed by atoms with Crippen LogP contribution in [0.1, 0.15) is 15.2 Å². The first kappa shape index (κ1) is 13.4. The molecule has 0 aliphatic heterocycles. The van der Waals surface area contributed by atoms with Crippen LogP contribution in [-0.4, -0.2) is 11.1 Å². The smallest absolute Gasteiger partial charge is 0.346 e. The van der Waals surface area contributed by atoms with E-state index >= 15 is 0 Å². The third-order valence-corrected chi connectivity index (χ3v) is 3.97. The van der Waals surface area contributed by atoms with E-state index in [2.05, 4.69) is 15.9 Å². The van der Waals surface area contributed by atoms with E-state index in [1.807, 2.05) is 6.07 Å². The average molecular weight is 348 g/mol. The first-order valence-corrected chi connectivity index (χ1v) is 7.00. The van der Waals surface area contributed by atoms with Crippen LogP contribution >= 0.6 is 38.9 Å². The van der Waals surface area contributed by atoms with Gasteiger partial charge in [0.15, 0.2) is 0 Å². The molecule has 0 radical (unpaired) electrons. The van der Waals surface area contributed by atoms with Gasteiger partial charge in [0, 0.05) is 10.0 Å². The summed E-state index contributed by atoms with van der Waals surface area (Å²) < 4.78 is 6.39. The summed E-state index contributed by atoms with van der Waals surface area (Å²) in [6.07, 6.45) is 0. The maximum atomic E-state index is 10.9. The molecule has 18 heavy (non-hydrogen) atoms. The average Bonchev–Trinajstić information content (AvgIpc) is 2.79. The fraction of sp³-hybridized carbons (Fsp3) is 0.0833. The minimum absolute atomic E-state index is 0.182. The molecule has 0 aliphatic rings. The van der Waals surface area contributed by atoms with Crippen LogP contribution < -0.4 is 4.74 Å². The van der Waals surface area contributed by atoms with Crippen LogP contribution in [0.2, 0.25) is 5.02 Å². The molecule has 0 aliphatic carbocycles. The monoisotopic (exact) mass is 346 g/mol. The molecule has 1 aromatic heterocycles. The fourth-order valence-electron chi connectivity index (χ4n) is 1.38. The SMILES string of the molecule is O=C(O)c1sccc1COc1cc(Br)ccc1Cl. The highest BCUT2D eigenvalue weighted by atomic mass is 79.9. The molecule has 0 spiro atoms. The molecule has 2 rings (SSSR count). The quantitative estimate of drug-likeness (QED) is 0.889. The number of thiophene rings is 1. The van der Waals surface area contributed by atoms with Gasteiger partial charge < -0.3 is 9.84 Å². The highest BCUT2D eigenvalue weighted by Gasteiger charge is 2.12. The van der Waals surface area contributed by atoms with Gasteiger partial charge in [0.1, 0.15) is 17.2 Å². The lowest BCUT2D eigenvalue weighted by atomic mass is 10.2. The van der Waals surface area contributed by atoms with E-state index in [-0.39, 0.29) is 6.61 Å². The van der Waals surface area contributed by atoms with Gasteiger partial charge in [-0.1, -0.05) is 27.5 Å². The molecule has 1 aromatic carbocycles. The molecule has 2 aromatic rings. The highest BCUT2D eigenvalue weighted by Crippen LogP contribution is 2.29. The molecule has 6 heteroatoms. The van der Waals surface area contributed by atoms with Crippen molar-refractivity contribution in [2.24, 2.45) is 0 Å². The third kappa shape index (κ3) is 3.04. The zero-order valence-corrected chi connectivity index (χ0v) is 12.2. The van der Waals surface area contributed by atoms with Crippen molar-refractivity contribution in [1.29, 1.82) is 0 Å². The number of benzene rings is 1. The van der Waals surface area contributed by atoms with Crippen molar-refractivity contribution in [1.82, 2.24) is 0 Å². The first-order chi connectivity index (χ1) is 8.58. The summed E-state index contributed by atoms with van der Waals surface area (Å²) >= 11 is 10.5. The summed E-state index contributed by atoms with van der Waals surface area (Å²) in [5, 5.41) is 11.2. The Bertz CT molecular complexity index is 582. The molecule has 1 heterocycles. The molecule has 0 saturated heterocycles. The molecular weight excluding hydrogens is 340 g/mol. The Morgan fingerprint density at radius 3 is 2.94 bits per heavy atom. The van der Waals surface area contributed by atoms with E-state index in [4.69, 9.17) is 21.4 Å². The number of halogens is 2. The zero-order valence-electron chi connectivity index (χ0n) is 9.02. The largest absolute Gasteiger partial charge is 0.487 e. The number of hydrogen-bond donors (Lipinski definition) is 1. The van der Waals surface area contributed by atoms with Crippen LogP contribution in [0.15, 0.2) is 34.1 Å². The zero-order chi connectivity index (χ0) is 13.1. The van der Waals surface area contributed by atoms with Gasteiger partial charge in [-0.3, -0.25) is 0 Å². The van der Waals surface area contributed by atoms with Crippen LogP contribution in [0, 0.1) is 0 Å². The number of hydrogen-bond acceptors (Lipinski definition) is 3. The Morgan fingerprint density at radius 2 is 2.22 bits per heavy atom. The maximum Gasteiger partial charge on any atom is 0.346 e. The Hall–Kier alpha value is -1.04. The summed E-state index contributed by atoms with van der Waals surface area (Å²) in [7, 11) is 0. The van der Waals surface area contributed by atoms with Gasteiger partial charge in [0.25, 0.3) is 0 Å². The van der Waals surface area contributed by atoms with E-state index in [0.717, 1.165) is 4.47 Å². The van der Waals surface area contributed by atoms with Crippen LogP contribution in [-0.2, 0) is 6.61 Å². The van der Waals surface area contributed by atoms with Crippen molar-refractivity contribution in [3.8, 4) is 5.75 Å². The molecule has 0 bridgehead atoms. The topological polar surface area (TPSA) is 46.5 Å².